The highest BCUT2D eigenvalue weighted by atomic mass is 15.3. The standard InChI is InChI=1S/C15H27N3/c1-13(2)18-11-9-15(17-18)12-16-10-8-14-6-4-3-5-7-14/h9,11,13-14,16H,3-8,10,12H2,1-2H3. The molecule has 0 amide bonds. The molecule has 0 unspecified atom stereocenters. The summed E-state index contributed by atoms with van der Waals surface area (Å²) in [5, 5.41) is 8.07. The Bertz CT molecular complexity index is 337. The van der Waals surface area contributed by atoms with Crippen molar-refractivity contribution in [2.45, 2.75) is 65.0 Å². The molecule has 1 aliphatic rings. The van der Waals surface area contributed by atoms with Crippen LogP contribution in [0, 0.1) is 5.92 Å². The molecule has 1 heterocycles. The van der Waals surface area contributed by atoms with E-state index < -0.39 is 0 Å². The van der Waals surface area contributed by atoms with Gasteiger partial charge in [0.25, 0.3) is 0 Å². The van der Waals surface area contributed by atoms with Crippen LogP contribution >= 0.6 is 0 Å². The fourth-order valence-corrected chi connectivity index (χ4v) is 2.76. The normalized spacial score (nSPS) is 17.5. The van der Waals surface area contributed by atoms with Crippen LogP contribution in [0.5, 0.6) is 0 Å². The van der Waals surface area contributed by atoms with Gasteiger partial charge in [0.2, 0.25) is 0 Å². The molecule has 0 spiro atoms. The summed E-state index contributed by atoms with van der Waals surface area (Å²) in [4.78, 5) is 0. The Balaban J connectivity index is 1.62. The van der Waals surface area contributed by atoms with Crippen molar-refractivity contribution in [3.05, 3.63) is 18.0 Å². The van der Waals surface area contributed by atoms with Gasteiger partial charge in [-0.3, -0.25) is 4.68 Å². The maximum atomic E-state index is 4.55. The van der Waals surface area contributed by atoms with Crippen molar-refractivity contribution in [1.82, 2.24) is 15.1 Å². The molecule has 3 nitrogen and oxygen atoms in total. The van der Waals surface area contributed by atoms with Crippen molar-refractivity contribution in [3.8, 4) is 0 Å². The van der Waals surface area contributed by atoms with Crippen LogP contribution in [0.25, 0.3) is 0 Å². The van der Waals surface area contributed by atoms with E-state index in [9.17, 15) is 0 Å². The molecule has 18 heavy (non-hydrogen) atoms. The predicted octanol–water partition coefficient (Wildman–Crippen LogP) is 3.52. The Morgan fingerprint density at radius 3 is 2.78 bits per heavy atom. The molecule has 1 N–H and O–H groups in total. The maximum Gasteiger partial charge on any atom is 0.0762 e. The quantitative estimate of drug-likeness (QED) is 0.782. The highest BCUT2D eigenvalue weighted by Crippen LogP contribution is 2.25. The first-order chi connectivity index (χ1) is 8.75. The van der Waals surface area contributed by atoms with Gasteiger partial charge in [0.1, 0.15) is 0 Å². The average Bonchev–Trinajstić information content (AvgIpc) is 2.85. The molecular formula is C15H27N3. The fraction of sp³-hybridized carbons (Fsp3) is 0.800. The molecule has 0 saturated heterocycles. The zero-order valence-corrected chi connectivity index (χ0v) is 11.9. The summed E-state index contributed by atoms with van der Waals surface area (Å²) in [6, 6.07) is 2.58. The minimum Gasteiger partial charge on any atom is -0.311 e. The van der Waals surface area contributed by atoms with E-state index in [1.165, 1.54) is 38.5 Å². The Hall–Kier alpha value is -0.830. The zero-order valence-electron chi connectivity index (χ0n) is 11.9. The smallest absolute Gasteiger partial charge is 0.0762 e. The van der Waals surface area contributed by atoms with Crippen LogP contribution in [0.15, 0.2) is 12.3 Å². The molecule has 0 aliphatic heterocycles. The zero-order chi connectivity index (χ0) is 12.8. The Kier molecular flexibility index (Phi) is 5.24. The topological polar surface area (TPSA) is 29.9 Å². The molecule has 1 saturated carbocycles. The highest BCUT2D eigenvalue weighted by Gasteiger charge is 2.12. The highest BCUT2D eigenvalue weighted by molar-refractivity contribution is 4.98. The van der Waals surface area contributed by atoms with Gasteiger partial charge in [0, 0.05) is 18.8 Å². The Labute approximate surface area is 111 Å². The molecule has 0 bridgehead atoms. The van der Waals surface area contributed by atoms with Gasteiger partial charge in [0.15, 0.2) is 0 Å². The van der Waals surface area contributed by atoms with E-state index in [0.717, 1.165) is 24.7 Å². The molecule has 3 heteroatoms. The third-order valence-electron chi connectivity index (χ3n) is 3.95. The second-order valence-corrected chi connectivity index (χ2v) is 5.85. The summed E-state index contributed by atoms with van der Waals surface area (Å²) in [6.07, 6.45) is 10.7. The van der Waals surface area contributed by atoms with Crippen molar-refractivity contribution in [2.75, 3.05) is 6.54 Å². The van der Waals surface area contributed by atoms with Gasteiger partial charge in [-0.15, -0.1) is 0 Å². The lowest BCUT2D eigenvalue weighted by molar-refractivity contribution is 0.333. The second-order valence-electron chi connectivity index (χ2n) is 5.85. The largest absolute Gasteiger partial charge is 0.311 e. The number of nitrogens with zero attached hydrogens (tertiary/aromatic N) is 2. The van der Waals surface area contributed by atoms with Crippen molar-refractivity contribution >= 4 is 0 Å². The summed E-state index contributed by atoms with van der Waals surface area (Å²) < 4.78 is 2.03. The van der Waals surface area contributed by atoms with E-state index in [4.69, 9.17) is 0 Å². The average molecular weight is 249 g/mol. The van der Waals surface area contributed by atoms with Gasteiger partial charge in [-0.25, -0.2) is 0 Å². The van der Waals surface area contributed by atoms with Gasteiger partial charge in [-0.05, 0) is 38.8 Å². The molecule has 1 aromatic heterocycles. The fourth-order valence-electron chi connectivity index (χ4n) is 2.76. The van der Waals surface area contributed by atoms with Gasteiger partial charge in [-0.2, -0.15) is 5.10 Å². The van der Waals surface area contributed by atoms with Crippen LogP contribution in [0.1, 0.15) is 64.1 Å². The van der Waals surface area contributed by atoms with Crippen LogP contribution in [0.2, 0.25) is 0 Å². The SMILES string of the molecule is CC(C)n1ccc(CNCCC2CCCCC2)n1. The molecule has 0 atom stereocenters. The number of aromatic nitrogens is 2. The van der Waals surface area contributed by atoms with Gasteiger partial charge >= 0.3 is 0 Å². The number of rotatable bonds is 6. The van der Waals surface area contributed by atoms with Crippen molar-refractivity contribution in [2.24, 2.45) is 5.92 Å². The van der Waals surface area contributed by atoms with Crippen molar-refractivity contribution in [1.29, 1.82) is 0 Å². The third kappa shape index (κ3) is 4.13. The summed E-state index contributed by atoms with van der Waals surface area (Å²) in [5.41, 5.74) is 1.16. The minimum absolute atomic E-state index is 0.459. The van der Waals surface area contributed by atoms with Gasteiger partial charge < -0.3 is 5.32 Å². The lowest BCUT2D eigenvalue weighted by atomic mass is 9.87. The second kappa shape index (κ2) is 6.93. The minimum atomic E-state index is 0.459. The third-order valence-corrected chi connectivity index (χ3v) is 3.95. The predicted molar refractivity (Wildman–Crippen MR) is 75.5 cm³/mol. The Morgan fingerprint density at radius 2 is 2.11 bits per heavy atom. The molecule has 2 rings (SSSR count). The molecular weight excluding hydrogens is 222 g/mol. The number of hydrogen-bond acceptors (Lipinski definition) is 2. The van der Waals surface area contributed by atoms with Crippen LogP contribution in [0.4, 0.5) is 0 Å². The lowest BCUT2D eigenvalue weighted by Gasteiger charge is -2.21. The van der Waals surface area contributed by atoms with E-state index in [1.54, 1.807) is 0 Å². The summed E-state index contributed by atoms with van der Waals surface area (Å²) in [5.74, 6) is 0.972. The van der Waals surface area contributed by atoms with E-state index >= 15 is 0 Å². The maximum absolute atomic E-state index is 4.55. The van der Waals surface area contributed by atoms with E-state index in [2.05, 4.69) is 36.5 Å². The van der Waals surface area contributed by atoms with E-state index in [1.807, 2.05) is 4.68 Å². The van der Waals surface area contributed by atoms with Gasteiger partial charge in [0.05, 0.1) is 5.69 Å². The van der Waals surface area contributed by atoms with Crippen molar-refractivity contribution in [3.63, 3.8) is 0 Å². The first kappa shape index (κ1) is 13.6. The summed E-state index contributed by atoms with van der Waals surface area (Å²) >= 11 is 0. The number of hydrogen-bond donors (Lipinski definition) is 1. The summed E-state index contributed by atoms with van der Waals surface area (Å²) in [7, 11) is 0. The first-order valence-corrected chi connectivity index (χ1v) is 7.50. The Morgan fingerprint density at radius 1 is 1.33 bits per heavy atom. The summed E-state index contributed by atoms with van der Waals surface area (Å²) in [6.45, 7) is 6.37. The molecule has 1 aromatic rings. The van der Waals surface area contributed by atoms with Crippen LogP contribution < -0.4 is 5.32 Å². The molecule has 1 aliphatic carbocycles. The lowest BCUT2D eigenvalue weighted by Crippen LogP contribution is -2.19. The van der Waals surface area contributed by atoms with E-state index in [0.29, 0.717) is 6.04 Å². The monoisotopic (exact) mass is 249 g/mol. The first-order valence-electron chi connectivity index (χ1n) is 7.50. The molecule has 102 valence electrons. The molecule has 0 aromatic carbocycles. The number of nitrogens with one attached hydrogen (secondary N) is 1. The molecule has 1 fully saturated rings. The van der Waals surface area contributed by atoms with Crippen LogP contribution in [0.3, 0.4) is 0 Å². The van der Waals surface area contributed by atoms with Crippen LogP contribution in [-0.2, 0) is 6.54 Å². The van der Waals surface area contributed by atoms with E-state index in [-0.39, 0.29) is 0 Å². The van der Waals surface area contributed by atoms with Crippen LogP contribution in [-0.4, -0.2) is 16.3 Å². The van der Waals surface area contributed by atoms with Gasteiger partial charge in [-0.1, -0.05) is 32.1 Å². The molecule has 0 radical (unpaired) electrons. The van der Waals surface area contributed by atoms with Crippen molar-refractivity contribution < 1.29 is 0 Å².